The molecule has 4 rings (SSSR count). The van der Waals surface area contributed by atoms with Crippen LogP contribution in [0.2, 0.25) is 0 Å². The minimum Gasteiger partial charge on any atom is -0.497 e. The first-order chi connectivity index (χ1) is 18.0. The molecule has 0 amide bonds. The molecule has 194 valence electrons. The van der Waals surface area contributed by atoms with Crippen LogP contribution in [0.1, 0.15) is 29.5 Å². The maximum atomic E-state index is 15.2. The van der Waals surface area contributed by atoms with Crippen LogP contribution < -0.4 is 15.2 Å². The van der Waals surface area contributed by atoms with Crippen molar-refractivity contribution in [3.63, 3.8) is 0 Å². The Morgan fingerprint density at radius 1 is 1.08 bits per heavy atom. The molecule has 0 aliphatic rings. The Morgan fingerprint density at radius 3 is 2.65 bits per heavy atom. The molecule has 2 N–H and O–H groups in total. The van der Waals surface area contributed by atoms with E-state index in [0.717, 1.165) is 10.9 Å². The normalized spacial score (nSPS) is 11.1. The molecular formula is C28H29FN2O6. The smallest absolute Gasteiger partial charge is 0.310 e. The summed E-state index contributed by atoms with van der Waals surface area (Å²) in [6.45, 7) is 2.44. The molecule has 0 aliphatic carbocycles. The second-order valence-electron chi connectivity index (χ2n) is 8.27. The van der Waals surface area contributed by atoms with Crippen LogP contribution in [-0.2, 0) is 40.4 Å². The summed E-state index contributed by atoms with van der Waals surface area (Å²) in [6, 6.07) is 12.4. The van der Waals surface area contributed by atoms with Gasteiger partial charge in [0.2, 0.25) is 0 Å². The first kappa shape index (κ1) is 26.1. The van der Waals surface area contributed by atoms with Gasteiger partial charge in [0.05, 0.1) is 25.8 Å². The van der Waals surface area contributed by atoms with Crippen molar-refractivity contribution in [3.05, 3.63) is 77.1 Å². The van der Waals surface area contributed by atoms with E-state index < -0.39 is 5.82 Å². The average molecular weight is 509 g/mol. The van der Waals surface area contributed by atoms with Gasteiger partial charge < -0.3 is 29.1 Å². The largest absolute Gasteiger partial charge is 0.497 e. The highest BCUT2D eigenvalue weighted by atomic mass is 19.1. The van der Waals surface area contributed by atoms with Crippen molar-refractivity contribution >= 4 is 16.9 Å². The number of aromatic nitrogens is 1. The topological polar surface area (TPSA) is 106 Å². The fraction of sp³-hybridized carbons (Fsp3) is 0.286. The maximum Gasteiger partial charge on any atom is 0.310 e. The van der Waals surface area contributed by atoms with E-state index in [0.29, 0.717) is 46.1 Å². The highest BCUT2D eigenvalue weighted by molar-refractivity contribution is 5.93. The Morgan fingerprint density at radius 2 is 1.92 bits per heavy atom. The van der Waals surface area contributed by atoms with Crippen molar-refractivity contribution in [2.75, 3.05) is 20.8 Å². The number of carbonyl (C=O) groups excluding carboxylic acids is 1. The number of carbonyl (C=O) groups is 1. The van der Waals surface area contributed by atoms with Gasteiger partial charge in [-0.25, -0.2) is 4.39 Å². The molecular weight excluding hydrogens is 479 g/mol. The second-order valence-corrected chi connectivity index (χ2v) is 8.27. The van der Waals surface area contributed by atoms with Gasteiger partial charge in [-0.15, -0.1) is 0 Å². The molecule has 0 saturated carbocycles. The summed E-state index contributed by atoms with van der Waals surface area (Å²) in [5.41, 5.74) is 8.67. The first-order valence-electron chi connectivity index (χ1n) is 11.8. The van der Waals surface area contributed by atoms with Crippen LogP contribution in [0.25, 0.3) is 22.1 Å². The number of hydrogen-bond donors (Lipinski definition) is 1. The van der Waals surface area contributed by atoms with E-state index in [9.17, 15) is 4.79 Å². The van der Waals surface area contributed by atoms with Gasteiger partial charge in [0.15, 0.2) is 5.82 Å². The van der Waals surface area contributed by atoms with Gasteiger partial charge in [0.25, 0.3) is 0 Å². The molecule has 2 heterocycles. The molecule has 0 atom stereocenters. The molecule has 0 unspecified atom stereocenters. The number of nitrogens with zero attached hydrogens (tertiary/aromatic N) is 1. The van der Waals surface area contributed by atoms with E-state index in [2.05, 4.69) is 4.98 Å². The fourth-order valence-electron chi connectivity index (χ4n) is 4.07. The van der Waals surface area contributed by atoms with Crippen LogP contribution in [-0.4, -0.2) is 31.8 Å². The lowest BCUT2D eigenvalue weighted by molar-refractivity contribution is -0.142. The van der Waals surface area contributed by atoms with Crippen LogP contribution in [0, 0.1) is 5.82 Å². The van der Waals surface area contributed by atoms with Crippen LogP contribution in [0.5, 0.6) is 11.5 Å². The van der Waals surface area contributed by atoms with Gasteiger partial charge in [0.1, 0.15) is 36.1 Å². The summed E-state index contributed by atoms with van der Waals surface area (Å²) in [5, 5.41) is 0.769. The molecule has 8 nitrogen and oxygen atoms in total. The Hall–Kier alpha value is -3.95. The van der Waals surface area contributed by atoms with E-state index in [1.807, 2.05) is 18.2 Å². The third-order valence-electron chi connectivity index (χ3n) is 5.77. The Balaban J connectivity index is 1.73. The molecule has 37 heavy (non-hydrogen) atoms. The van der Waals surface area contributed by atoms with Crippen LogP contribution >= 0.6 is 0 Å². The number of esters is 1. The molecule has 0 bridgehead atoms. The summed E-state index contributed by atoms with van der Waals surface area (Å²) in [4.78, 5) is 16.1. The number of fused-ring (bicyclic) bond motifs is 1. The molecule has 0 aliphatic heterocycles. The lowest BCUT2D eigenvalue weighted by Crippen LogP contribution is -2.09. The number of hydrogen-bond acceptors (Lipinski definition) is 8. The van der Waals surface area contributed by atoms with Gasteiger partial charge in [-0.1, -0.05) is 6.07 Å². The third kappa shape index (κ3) is 5.90. The van der Waals surface area contributed by atoms with Crippen molar-refractivity contribution in [2.24, 2.45) is 5.73 Å². The number of benzene rings is 2. The van der Waals surface area contributed by atoms with Crippen molar-refractivity contribution < 1.29 is 32.5 Å². The standard InChI is InChI=1S/C28H29FN2O6/c1-4-35-26(32)12-18-5-6-20(34-3)13-25(18)36-15-17-9-19-11-21(16-33-2)37-28(19)23(10-17)22-7-8-31-24(14-30)27(22)29/h5-11,13H,4,12,14-16,30H2,1-3H3. The summed E-state index contributed by atoms with van der Waals surface area (Å²) >= 11 is 0. The van der Waals surface area contributed by atoms with Crippen molar-refractivity contribution in [3.8, 4) is 22.6 Å². The Bertz CT molecular complexity index is 1400. The van der Waals surface area contributed by atoms with Crippen LogP contribution in [0.3, 0.4) is 0 Å². The van der Waals surface area contributed by atoms with E-state index in [4.69, 9.17) is 29.1 Å². The fourth-order valence-corrected chi connectivity index (χ4v) is 4.07. The molecule has 4 aromatic rings. The quantitative estimate of drug-likeness (QED) is 0.284. The zero-order chi connectivity index (χ0) is 26.4. The number of pyridine rings is 1. The minimum atomic E-state index is -0.501. The maximum absolute atomic E-state index is 15.2. The first-order valence-corrected chi connectivity index (χ1v) is 11.8. The third-order valence-corrected chi connectivity index (χ3v) is 5.77. The lowest BCUT2D eigenvalue weighted by Gasteiger charge is -2.14. The van der Waals surface area contributed by atoms with Crippen molar-refractivity contribution in [1.29, 1.82) is 0 Å². The van der Waals surface area contributed by atoms with Gasteiger partial charge in [0, 0.05) is 48.0 Å². The van der Waals surface area contributed by atoms with Gasteiger partial charge >= 0.3 is 5.97 Å². The second kappa shape index (κ2) is 11.9. The Labute approximate surface area is 214 Å². The minimum absolute atomic E-state index is 0.0300. The predicted molar refractivity (Wildman–Crippen MR) is 136 cm³/mol. The zero-order valence-electron chi connectivity index (χ0n) is 21.0. The van der Waals surface area contributed by atoms with Crippen LogP contribution in [0.15, 0.2) is 53.1 Å². The van der Waals surface area contributed by atoms with Crippen molar-refractivity contribution in [2.45, 2.75) is 33.1 Å². The SMILES string of the molecule is CCOC(=O)Cc1ccc(OC)cc1OCc1cc(-c2ccnc(CN)c2F)c2oc(COC)cc2c1. The predicted octanol–water partition coefficient (Wildman–Crippen LogP) is 4.93. The molecule has 2 aromatic carbocycles. The average Bonchev–Trinajstić information content (AvgIpc) is 3.30. The number of halogens is 1. The highest BCUT2D eigenvalue weighted by Gasteiger charge is 2.18. The molecule has 0 spiro atoms. The van der Waals surface area contributed by atoms with E-state index in [1.54, 1.807) is 45.4 Å². The summed E-state index contributed by atoms with van der Waals surface area (Å²) < 4.78 is 43.0. The van der Waals surface area contributed by atoms with Gasteiger partial charge in [-0.2, -0.15) is 0 Å². The van der Waals surface area contributed by atoms with E-state index in [-0.39, 0.29) is 37.8 Å². The van der Waals surface area contributed by atoms with Crippen molar-refractivity contribution in [1.82, 2.24) is 4.98 Å². The van der Waals surface area contributed by atoms with E-state index in [1.165, 1.54) is 6.20 Å². The molecule has 0 fully saturated rings. The van der Waals surface area contributed by atoms with Gasteiger partial charge in [-0.3, -0.25) is 9.78 Å². The number of furan rings is 1. The van der Waals surface area contributed by atoms with E-state index >= 15 is 4.39 Å². The number of rotatable bonds is 11. The Kier molecular flexibility index (Phi) is 8.37. The summed E-state index contributed by atoms with van der Waals surface area (Å²) in [6.07, 6.45) is 1.58. The molecule has 2 aromatic heterocycles. The number of methoxy groups -OCH3 is 2. The molecule has 0 radical (unpaired) electrons. The zero-order valence-corrected chi connectivity index (χ0v) is 21.0. The summed E-state index contributed by atoms with van der Waals surface area (Å²) in [5.74, 6) is 0.829. The van der Waals surface area contributed by atoms with Gasteiger partial charge in [-0.05, 0) is 42.8 Å². The highest BCUT2D eigenvalue weighted by Crippen LogP contribution is 2.35. The number of ether oxygens (including phenoxy) is 4. The monoisotopic (exact) mass is 508 g/mol. The molecule has 0 saturated heterocycles. The van der Waals surface area contributed by atoms with Crippen LogP contribution in [0.4, 0.5) is 4.39 Å². The lowest BCUT2D eigenvalue weighted by atomic mass is 10.00. The number of nitrogens with two attached hydrogens (primary N) is 1. The molecule has 9 heteroatoms. The summed E-state index contributed by atoms with van der Waals surface area (Å²) in [7, 11) is 3.13.